The molecule has 2 amide bonds. The lowest BCUT2D eigenvalue weighted by Crippen LogP contribution is -2.20. The number of ether oxygens (including phenoxy) is 3. The van der Waals surface area contributed by atoms with E-state index in [1.165, 1.54) is 30.5 Å². The van der Waals surface area contributed by atoms with Crippen LogP contribution in [0.2, 0.25) is 0 Å². The van der Waals surface area contributed by atoms with E-state index in [1.54, 1.807) is 50.7 Å². The summed E-state index contributed by atoms with van der Waals surface area (Å²) in [4.78, 5) is 34.5. The van der Waals surface area contributed by atoms with Gasteiger partial charge in [-0.15, -0.1) is 0 Å². The third kappa shape index (κ3) is 5.18. The molecule has 1 fully saturated rings. The van der Waals surface area contributed by atoms with Crippen molar-refractivity contribution in [2.24, 2.45) is 17.3 Å². The third-order valence-corrected chi connectivity index (χ3v) is 6.93. The molecule has 2 aromatic heterocycles. The van der Waals surface area contributed by atoms with Gasteiger partial charge in [-0.25, -0.2) is 9.37 Å². The van der Waals surface area contributed by atoms with E-state index in [0.717, 1.165) is 5.39 Å². The number of fused-ring (bicyclic) bond motifs is 1. The minimum atomic E-state index is -0.531. The monoisotopic (exact) mass is 530 g/mol. The minimum Gasteiger partial charge on any atom is -0.493 e. The molecule has 0 spiro atoms. The number of halogens is 1. The first kappa shape index (κ1) is 25.9. The molecule has 1 aliphatic carbocycles. The van der Waals surface area contributed by atoms with Gasteiger partial charge in [0.15, 0.2) is 11.5 Å². The lowest BCUT2D eigenvalue weighted by Gasteiger charge is -2.12. The van der Waals surface area contributed by atoms with Crippen molar-refractivity contribution in [3.8, 4) is 23.1 Å². The summed E-state index contributed by atoms with van der Waals surface area (Å²) in [6, 6.07) is 14.1. The topological polar surface area (TPSA) is 112 Å². The SMILES string of the molecule is COc1cc2nccc(Oc3ccc(NC(=O)[C@H]4[C@@H](C(=O)Nc5ccc(F)cc5)C4(C)C)cn3)c2cc1OC. The molecular formula is C29H27FN4O5. The van der Waals surface area contributed by atoms with Crippen molar-refractivity contribution in [3.05, 3.63) is 72.8 Å². The fourth-order valence-electron chi connectivity index (χ4n) is 4.75. The molecule has 2 heterocycles. The minimum absolute atomic E-state index is 0.282. The van der Waals surface area contributed by atoms with Crippen LogP contribution in [0.5, 0.6) is 23.1 Å². The average molecular weight is 531 g/mol. The Hall–Kier alpha value is -4.73. The number of nitrogens with zero attached hydrogens (tertiary/aromatic N) is 2. The number of hydrogen-bond acceptors (Lipinski definition) is 7. The maximum Gasteiger partial charge on any atom is 0.228 e. The van der Waals surface area contributed by atoms with Gasteiger partial charge in [0.1, 0.15) is 11.6 Å². The maximum atomic E-state index is 13.2. The Balaban J connectivity index is 1.25. The number of methoxy groups -OCH3 is 2. The molecule has 1 saturated carbocycles. The number of hydrogen-bond donors (Lipinski definition) is 2. The van der Waals surface area contributed by atoms with Gasteiger partial charge in [0, 0.05) is 29.4 Å². The standard InChI is InChI=1S/C29H27FN4O5/c1-29(2)25(27(35)33-17-7-5-16(30)6-8-17)26(29)28(36)34-18-9-10-24(32-15-18)39-21-11-12-31-20-14-23(38-4)22(37-3)13-19(20)21/h5-15,25-26H,1-4H3,(H,33,35)(H,34,36)/t25-,26+/m0/s1. The molecule has 39 heavy (non-hydrogen) atoms. The summed E-state index contributed by atoms with van der Waals surface area (Å²) in [6.07, 6.45) is 3.11. The lowest BCUT2D eigenvalue weighted by atomic mass is 10.1. The van der Waals surface area contributed by atoms with Gasteiger partial charge < -0.3 is 24.8 Å². The first-order chi connectivity index (χ1) is 18.7. The molecule has 0 saturated heterocycles. The van der Waals surface area contributed by atoms with E-state index in [-0.39, 0.29) is 11.8 Å². The second kappa shape index (κ2) is 10.2. The zero-order valence-corrected chi connectivity index (χ0v) is 21.8. The molecule has 10 heteroatoms. The van der Waals surface area contributed by atoms with Crippen LogP contribution in [-0.4, -0.2) is 36.0 Å². The van der Waals surface area contributed by atoms with Gasteiger partial charge in [0.2, 0.25) is 17.7 Å². The molecule has 0 unspecified atom stereocenters. The highest BCUT2D eigenvalue weighted by Gasteiger charge is 2.65. The van der Waals surface area contributed by atoms with Gasteiger partial charge >= 0.3 is 0 Å². The molecule has 9 nitrogen and oxygen atoms in total. The highest BCUT2D eigenvalue weighted by Crippen LogP contribution is 2.59. The number of carbonyl (C=O) groups excluding carboxylic acids is 2. The quantitative estimate of drug-likeness (QED) is 0.313. The van der Waals surface area contributed by atoms with Crippen molar-refractivity contribution in [2.75, 3.05) is 24.9 Å². The van der Waals surface area contributed by atoms with Crippen LogP contribution >= 0.6 is 0 Å². The van der Waals surface area contributed by atoms with Crippen LogP contribution < -0.4 is 24.8 Å². The van der Waals surface area contributed by atoms with E-state index in [1.807, 2.05) is 13.8 Å². The number of nitrogens with one attached hydrogen (secondary N) is 2. The number of anilines is 2. The van der Waals surface area contributed by atoms with Crippen LogP contribution in [-0.2, 0) is 9.59 Å². The Morgan fingerprint density at radius 1 is 0.821 bits per heavy atom. The van der Waals surface area contributed by atoms with Crippen LogP contribution in [0, 0.1) is 23.1 Å². The van der Waals surface area contributed by atoms with E-state index in [4.69, 9.17) is 14.2 Å². The summed E-state index contributed by atoms with van der Waals surface area (Å²) in [6.45, 7) is 3.73. The van der Waals surface area contributed by atoms with Gasteiger partial charge in [-0.3, -0.25) is 14.6 Å². The van der Waals surface area contributed by atoms with E-state index >= 15 is 0 Å². The Morgan fingerprint density at radius 3 is 2.05 bits per heavy atom. The third-order valence-electron chi connectivity index (χ3n) is 6.93. The van der Waals surface area contributed by atoms with Crippen LogP contribution in [0.1, 0.15) is 13.8 Å². The van der Waals surface area contributed by atoms with E-state index in [2.05, 4.69) is 20.6 Å². The van der Waals surface area contributed by atoms with Crippen molar-refractivity contribution in [2.45, 2.75) is 13.8 Å². The van der Waals surface area contributed by atoms with E-state index in [9.17, 15) is 14.0 Å². The van der Waals surface area contributed by atoms with Crippen molar-refractivity contribution in [1.29, 1.82) is 0 Å². The summed E-state index contributed by atoms with van der Waals surface area (Å²) in [5.41, 5.74) is 1.08. The number of pyridine rings is 2. The first-order valence-corrected chi connectivity index (χ1v) is 12.2. The summed E-state index contributed by atoms with van der Waals surface area (Å²) in [5.74, 6) is -0.0554. The summed E-state index contributed by atoms with van der Waals surface area (Å²) >= 11 is 0. The second-order valence-corrected chi connectivity index (χ2v) is 9.78. The number of carbonyl (C=O) groups is 2. The van der Waals surface area contributed by atoms with Crippen LogP contribution in [0.4, 0.5) is 15.8 Å². The summed E-state index contributed by atoms with van der Waals surface area (Å²) < 4.78 is 29.9. The van der Waals surface area contributed by atoms with Crippen LogP contribution in [0.25, 0.3) is 10.9 Å². The molecule has 2 aromatic carbocycles. The molecule has 1 aliphatic rings. The number of aromatic nitrogens is 2. The van der Waals surface area contributed by atoms with E-state index in [0.29, 0.717) is 40.0 Å². The fourth-order valence-corrected chi connectivity index (χ4v) is 4.75. The first-order valence-electron chi connectivity index (χ1n) is 12.2. The molecule has 2 N–H and O–H groups in total. The van der Waals surface area contributed by atoms with Crippen LogP contribution in [0.15, 0.2) is 67.0 Å². The molecule has 0 bridgehead atoms. The molecule has 200 valence electrons. The van der Waals surface area contributed by atoms with Gasteiger partial charge in [-0.2, -0.15) is 0 Å². The molecule has 4 aromatic rings. The smallest absolute Gasteiger partial charge is 0.228 e. The summed E-state index contributed by atoms with van der Waals surface area (Å²) in [7, 11) is 3.11. The Bertz CT molecular complexity index is 1540. The maximum absolute atomic E-state index is 13.2. The van der Waals surface area contributed by atoms with Crippen molar-refractivity contribution in [3.63, 3.8) is 0 Å². The summed E-state index contributed by atoms with van der Waals surface area (Å²) in [5, 5.41) is 6.31. The highest BCUT2D eigenvalue weighted by atomic mass is 19.1. The Morgan fingerprint density at radius 2 is 1.44 bits per heavy atom. The highest BCUT2D eigenvalue weighted by molar-refractivity contribution is 6.04. The normalized spacial score (nSPS) is 17.3. The zero-order chi connectivity index (χ0) is 27.7. The zero-order valence-electron chi connectivity index (χ0n) is 21.8. The largest absolute Gasteiger partial charge is 0.493 e. The van der Waals surface area contributed by atoms with Gasteiger partial charge in [-0.05, 0) is 47.9 Å². The number of rotatable bonds is 8. The molecule has 2 atom stereocenters. The van der Waals surface area contributed by atoms with Gasteiger partial charge in [0.05, 0.1) is 43.5 Å². The second-order valence-electron chi connectivity index (χ2n) is 9.78. The number of amides is 2. The van der Waals surface area contributed by atoms with Crippen molar-refractivity contribution in [1.82, 2.24) is 9.97 Å². The molecule has 0 aliphatic heterocycles. The van der Waals surface area contributed by atoms with Crippen LogP contribution in [0.3, 0.4) is 0 Å². The van der Waals surface area contributed by atoms with Gasteiger partial charge in [0.25, 0.3) is 0 Å². The Labute approximate surface area is 224 Å². The predicted octanol–water partition coefficient (Wildman–Crippen LogP) is 5.43. The number of benzene rings is 2. The average Bonchev–Trinajstić information content (AvgIpc) is 3.52. The Kier molecular flexibility index (Phi) is 6.78. The molecule has 0 radical (unpaired) electrons. The lowest BCUT2D eigenvalue weighted by molar-refractivity contribution is -0.122. The molecular weight excluding hydrogens is 503 g/mol. The molecule has 5 rings (SSSR count). The van der Waals surface area contributed by atoms with Gasteiger partial charge in [-0.1, -0.05) is 13.8 Å². The van der Waals surface area contributed by atoms with E-state index < -0.39 is 23.1 Å². The fraction of sp³-hybridized carbons (Fsp3) is 0.241. The predicted molar refractivity (Wildman–Crippen MR) is 144 cm³/mol. The van der Waals surface area contributed by atoms with Crippen molar-refractivity contribution >= 4 is 34.1 Å². The van der Waals surface area contributed by atoms with Crippen molar-refractivity contribution < 1.29 is 28.2 Å².